The number of hydrogen-bond donors (Lipinski definition) is 1. The summed E-state index contributed by atoms with van der Waals surface area (Å²) in [6, 6.07) is 0. The molecule has 4 bridgehead atoms. The summed E-state index contributed by atoms with van der Waals surface area (Å²) in [5.41, 5.74) is -1.11. The Hall–Kier alpha value is -0.460. The molecule has 0 amide bonds. The lowest BCUT2D eigenvalue weighted by Crippen LogP contribution is -2.55. The quantitative estimate of drug-likeness (QED) is 0.685. The molecule has 2 aliphatic carbocycles. The summed E-state index contributed by atoms with van der Waals surface area (Å²) >= 11 is 0. The molecule has 0 radical (unpaired) electrons. The van der Waals surface area contributed by atoms with Gasteiger partial charge in [0.05, 0.1) is 6.61 Å². The maximum atomic E-state index is 12.3. The van der Waals surface area contributed by atoms with Crippen LogP contribution in [-0.4, -0.2) is 30.3 Å². The predicted octanol–water partition coefficient (Wildman–Crippen LogP) is 0.606. The molecule has 0 aromatic heterocycles. The smallest absolute Gasteiger partial charge is 0.303 e. The zero-order valence-electron chi connectivity index (χ0n) is 9.19. The molecular weight excluding hydrogens is 232 g/mol. The Kier molecular flexibility index (Phi) is 1.58. The van der Waals surface area contributed by atoms with Crippen LogP contribution >= 0.6 is 0 Å². The third-order valence-corrected chi connectivity index (χ3v) is 6.56. The van der Waals surface area contributed by atoms with Gasteiger partial charge in [-0.1, -0.05) is 13.8 Å². The first-order valence-electron chi connectivity index (χ1n) is 5.36. The Morgan fingerprint density at radius 2 is 2.06 bits per heavy atom. The Morgan fingerprint density at radius 1 is 1.44 bits per heavy atom. The highest BCUT2D eigenvalue weighted by Crippen LogP contribution is 2.73. The molecule has 4 atom stereocenters. The lowest BCUT2D eigenvalue weighted by Gasteiger charge is -2.39. The maximum absolute atomic E-state index is 12.3. The molecule has 3 aliphatic rings. The molecule has 3 fully saturated rings. The molecular formula is C10H14O5S. The van der Waals surface area contributed by atoms with Crippen molar-refractivity contribution in [3.8, 4) is 0 Å². The zero-order chi connectivity index (χ0) is 12.0. The first kappa shape index (κ1) is 10.7. The van der Waals surface area contributed by atoms with Crippen molar-refractivity contribution >= 4 is 15.9 Å². The van der Waals surface area contributed by atoms with Gasteiger partial charge in [0.15, 0.2) is 5.78 Å². The van der Waals surface area contributed by atoms with E-state index in [4.69, 9.17) is 4.74 Å². The van der Waals surface area contributed by atoms with Gasteiger partial charge in [-0.3, -0.25) is 9.35 Å². The number of ether oxygens (including phenoxy) is 1. The first-order chi connectivity index (χ1) is 7.20. The minimum Gasteiger partial charge on any atom is -0.350 e. The van der Waals surface area contributed by atoms with Crippen LogP contribution in [0.15, 0.2) is 0 Å². The SMILES string of the molecule is CC12CCC3C1(C)COC3(S(=O)(=O)O)C2=O. The molecule has 1 aliphatic heterocycles. The van der Waals surface area contributed by atoms with Crippen LogP contribution in [-0.2, 0) is 19.6 Å². The van der Waals surface area contributed by atoms with Gasteiger partial charge in [0.2, 0.25) is 0 Å². The predicted molar refractivity (Wildman–Crippen MR) is 54.2 cm³/mol. The molecule has 3 rings (SSSR count). The van der Waals surface area contributed by atoms with Gasteiger partial charge >= 0.3 is 10.1 Å². The van der Waals surface area contributed by atoms with Crippen LogP contribution < -0.4 is 0 Å². The normalized spacial score (nSPS) is 54.9. The Balaban J connectivity index is 2.31. The maximum Gasteiger partial charge on any atom is 0.303 e. The van der Waals surface area contributed by atoms with Crippen molar-refractivity contribution in [1.29, 1.82) is 0 Å². The third kappa shape index (κ3) is 0.716. The fourth-order valence-corrected chi connectivity index (χ4v) is 5.41. The second kappa shape index (κ2) is 2.37. The van der Waals surface area contributed by atoms with Gasteiger partial charge < -0.3 is 4.74 Å². The van der Waals surface area contributed by atoms with Crippen LogP contribution in [0.5, 0.6) is 0 Å². The van der Waals surface area contributed by atoms with Crippen molar-refractivity contribution in [3.63, 3.8) is 0 Å². The number of rotatable bonds is 1. The lowest BCUT2D eigenvalue weighted by atomic mass is 9.69. The van der Waals surface area contributed by atoms with Crippen LogP contribution in [0.4, 0.5) is 0 Å². The lowest BCUT2D eigenvalue weighted by molar-refractivity contribution is -0.151. The van der Waals surface area contributed by atoms with E-state index in [1.807, 2.05) is 6.92 Å². The largest absolute Gasteiger partial charge is 0.350 e. The standard InChI is InChI=1S/C10H14O5S/c1-8-4-3-6-9(8,2)5-15-10(6,7(8)11)16(12,13)14/h6H,3-5H2,1-2H3,(H,12,13,14). The van der Waals surface area contributed by atoms with Crippen LogP contribution in [0.2, 0.25) is 0 Å². The van der Waals surface area contributed by atoms with Gasteiger partial charge in [0.1, 0.15) is 0 Å². The summed E-state index contributed by atoms with van der Waals surface area (Å²) in [5.74, 6) is -0.847. The molecule has 4 unspecified atom stereocenters. The number of Topliss-reactive ketones (excluding diaryl/α,β-unsaturated/α-hetero) is 1. The molecule has 1 heterocycles. The van der Waals surface area contributed by atoms with Gasteiger partial charge in [0, 0.05) is 16.7 Å². The van der Waals surface area contributed by atoms with Crippen molar-refractivity contribution < 1.29 is 22.5 Å². The van der Waals surface area contributed by atoms with Gasteiger partial charge in [-0.2, -0.15) is 8.42 Å². The summed E-state index contributed by atoms with van der Waals surface area (Å²) < 4.78 is 37.6. The Morgan fingerprint density at radius 3 is 2.44 bits per heavy atom. The first-order valence-corrected chi connectivity index (χ1v) is 6.80. The molecule has 1 saturated heterocycles. The molecule has 90 valence electrons. The number of hydrogen-bond acceptors (Lipinski definition) is 4. The second-order valence-corrected chi connectivity index (χ2v) is 7.16. The van der Waals surface area contributed by atoms with Crippen molar-refractivity contribution in [2.24, 2.45) is 16.7 Å². The summed E-state index contributed by atoms with van der Waals surface area (Å²) in [4.78, 5) is 10.3. The van der Waals surface area contributed by atoms with Gasteiger partial charge in [-0.05, 0) is 12.8 Å². The van der Waals surface area contributed by atoms with Gasteiger partial charge in [-0.15, -0.1) is 0 Å². The van der Waals surface area contributed by atoms with Crippen LogP contribution in [0, 0.1) is 16.7 Å². The summed E-state index contributed by atoms with van der Waals surface area (Å²) in [6.45, 7) is 3.92. The van der Waals surface area contributed by atoms with E-state index in [9.17, 15) is 17.8 Å². The van der Waals surface area contributed by atoms with E-state index in [-0.39, 0.29) is 6.61 Å². The molecule has 0 spiro atoms. The average molecular weight is 246 g/mol. The molecule has 5 nitrogen and oxygen atoms in total. The molecule has 0 aromatic carbocycles. The van der Waals surface area contributed by atoms with Crippen LogP contribution in [0.3, 0.4) is 0 Å². The summed E-state index contributed by atoms with van der Waals surface area (Å²) in [5, 5.41) is 0. The van der Waals surface area contributed by atoms with E-state index in [2.05, 4.69) is 0 Å². The highest BCUT2D eigenvalue weighted by molar-refractivity contribution is 7.88. The van der Waals surface area contributed by atoms with Crippen molar-refractivity contribution in [3.05, 3.63) is 0 Å². The fourth-order valence-electron chi connectivity index (χ4n) is 4.00. The topological polar surface area (TPSA) is 80.7 Å². The molecule has 2 saturated carbocycles. The Bertz CT molecular complexity index is 497. The van der Waals surface area contributed by atoms with Crippen LogP contribution in [0.1, 0.15) is 26.7 Å². The average Bonchev–Trinajstić information content (AvgIpc) is 2.63. The third-order valence-electron chi connectivity index (χ3n) is 5.21. The fraction of sp³-hybridized carbons (Fsp3) is 0.900. The monoisotopic (exact) mass is 246 g/mol. The highest BCUT2D eigenvalue weighted by atomic mass is 32.2. The minimum atomic E-state index is -4.50. The minimum absolute atomic E-state index is 0.236. The van der Waals surface area contributed by atoms with E-state index in [1.54, 1.807) is 6.92 Å². The van der Waals surface area contributed by atoms with E-state index in [0.717, 1.165) is 0 Å². The van der Waals surface area contributed by atoms with E-state index < -0.39 is 37.6 Å². The van der Waals surface area contributed by atoms with Crippen LogP contribution in [0.25, 0.3) is 0 Å². The summed E-state index contributed by atoms with van der Waals surface area (Å²) in [7, 11) is -4.50. The molecule has 16 heavy (non-hydrogen) atoms. The number of carbonyl (C=O) groups is 1. The number of carbonyl (C=O) groups excluding carboxylic acids is 1. The molecule has 0 aromatic rings. The Labute approximate surface area is 93.9 Å². The molecule has 6 heteroatoms. The van der Waals surface area contributed by atoms with Crippen molar-refractivity contribution in [2.75, 3.05) is 6.61 Å². The van der Waals surface area contributed by atoms with Crippen molar-refractivity contribution in [2.45, 2.75) is 31.6 Å². The highest BCUT2D eigenvalue weighted by Gasteiger charge is 2.84. The van der Waals surface area contributed by atoms with Gasteiger partial charge in [-0.25, -0.2) is 0 Å². The summed E-state index contributed by atoms with van der Waals surface area (Å²) in [6.07, 6.45) is 1.31. The number of ketones is 1. The van der Waals surface area contributed by atoms with Crippen molar-refractivity contribution in [1.82, 2.24) is 0 Å². The second-order valence-electron chi connectivity index (χ2n) is 5.60. The van der Waals surface area contributed by atoms with E-state index in [0.29, 0.717) is 12.8 Å². The van der Waals surface area contributed by atoms with E-state index in [1.165, 1.54) is 0 Å². The van der Waals surface area contributed by atoms with E-state index >= 15 is 0 Å². The van der Waals surface area contributed by atoms with Gasteiger partial charge in [0.25, 0.3) is 4.93 Å². The molecule has 1 N–H and O–H groups in total. The zero-order valence-corrected chi connectivity index (χ0v) is 10.0.